The number of nitrogens with two attached hydrogens (primary N) is 1. The van der Waals surface area contributed by atoms with Crippen LogP contribution in [0, 0.1) is 6.92 Å². The van der Waals surface area contributed by atoms with E-state index in [1.165, 1.54) is 16.7 Å². The lowest BCUT2D eigenvalue weighted by molar-refractivity contribution is 0.713. The lowest BCUT2D eigenvalue weighted by Gasteiger charge is -2.03. The van der Waals surface area contributed by atoms with Gasteiger partial charge in [0.25, 0.3) is 0 Å². The van der Waals surface area contributed by atoms with E-state index in [9.17, 15) is 0 Å². The topological polar surface area (TPSA) is 26.0 Å². The molecule has 0 amide bonds. The molecular formula is C16H18BrNS. The summed E-state index contributed by atoms with van der Waals surface area (Å²) in [6, 6.07) is 14.7. The van der Waals surface area contributed by atoms with Crippen molar-refractivity contribution in [1.29, 1.82) is 0 Å². The van der Waals surface area contributed by atoms with Gasteiger partial charge in [0.05, 0.1) is 0 Å². The van der Waals surface area contributed by atoms with Gasteiger partial charge in [0.15, 0.2) is 0 Å². The van der Waals surface area contributed by atoms with Crippen LogP contribution in [0.5, 0.6) is 0 Å². The van der Waals surface area contributed by atoms with Gasteiger partial charge < -0.3 is 5.73 Å². The fourth-order valence-electron chi connectivity index (χ4n) is 2.16. The molecular weight excluding hydrogens is 318 g/mol. The highest BCUT2D eigenvalue weighted by molar-refractivity contribution is 9.10. The van der Waals surface area contributed by atoms with Crippen LogP contribution in [0.4, 0.5) is 0 Å². The minimum atomic E-state index is 0.276. The fourth-order valence-corrected chi connectivity index (χ4v) is 2.72. The third-order valence-electron chi connectivity index (χ3n) is 3.26. The van der Waals surface area contributed by atoms with Crippen molar-refractivity contribution < 1.29 is 0 Å². The number of hydrogen-bond acceptors (Lipinski definition) is 2. The zero-order chi connectivity index (χ0) is 13.8. The first-order chi connectivity index (χ1) is 9.06. The molecule has 1 aliphatic rings. The predicted molar refractivity (Wildman–Crippen MR) is 87.8 cm³/mol. The zero-order valence-corrected chi connectivity index (χ0v) is 13.4. The van der Waals surface area contributed by atoms with Crippen molar-refractivity contribution in [3.63, 3.8) is 0 Å². The van der Waals surface area contributed by atoms with Gasteiger partial charge in [-0.2, -0.15) is 0 Å². The molecule has 2 aromatic carbocycles. The summed E-state index contributed by atoms with van der Waals surface area (Å²) in [6.07, 6.45) is 2.24. The standard InChI is InChI=1S/C9H10BrN.C7H8S/c10-7-2-3-8-6(5-7)1-4-9(8)11;1-6-2-4-7(8)5-3-6/h2-3,5,9H,1,4,11H2;2-5,8H,1H3. The molecule has 2 aromatic rings. The van der Waals surface area contributed by atoms with Gasteiger partial charge in [0.1, 0.15) is 0 Å². The average molecular weight is 336 g/mol. The van der Waals surface area contributed by atoms with E-state index in [0.29, 0.717) is 0 Å². The summed E-state index contributed by atoms with van der Waals surface area (Å²) in [7, 11) is 0. The summed E-state index contributed by atoms with van der Waals surface area (Å²) < 4.78 is 1.16. The van der Waals surface area contributed by atoms with Crippen LogP contribution < -0.4 is 5.73 Å². The molecule has 1 unspecified atom stereocenters. The quantitative estimate of drug-likeness (QED) is 0.671. The lowest BCUT2D eigenvalue weighted by Crippen LogP contribution is -2.04. The first-order valence-electron chi connectivity index (χ1n) is 6.36. The van der Waals surface area contributed by atoms with E-state index in [1.807, 2.05) is 24.3 Å². The highest BCUT2D eigenvalue weighted by atomic mass is 79.9. The van der Waals surface area contributed by atoms with E-state index >= 15 is 0 Å². The second-order valence-electron chi connectivity index (χ2n) is 4.82. The monoisotopic (exact) mass is 335 g/mol. The summed E-state index contributed by atoms with van der Waals surface area (Å²) in [4.78, 5) is 1.02. The van der Waals surface area contributed by atoms with Gasteiger partial charge in [-0.25, -0.2) is 0 Å². The van der Waals surface area contributed by atoms with Gasteiger partial charge in [0, 0.05) is 15.4 Å². The molecule has 0 aliphatic heterocycles. The number of benzene rings is 2. The Morgan fingerprint density at radius 2 is 1.84 bits per heavy atom. The van der Waals surface area contributed by atoms with E-state index in [4.69, 9.17) is 5.73 Å². The van der Waals surface area contributed by atoms with Crippen molar-refractivity contribution in [2.24, 2.45) is 5.73 Å². The molecule has 19 heavy (non-hydrogen) atoms. The maximum Gasteiger partial charge on any atom is 0.0300 e. The third-order valence-corrected chi connectivity index (χ3v) is 4.05. The molecule has 1 atom stereocenters. The summed E-state index contributed by atoms with van der Waals surface area (Å²) in [6.45, 7) is 2.06. The zero-order valence-electron chi connectivity index (χ0n) is 10.9. The molecule has 0 saturated heterocycles. The average Bonchev–Trinajstić information content (AvgIpc) is 2.75. The van der Waals surface area contributed by atoms with Gasteiger partial charge in [-0.15, -0.1) is 12.6 Å². The van der Waals surface area contributed by atoms with E-state index < -0.39 is 0 Å². The van der Waals surface area contributed by atoms with E-state index in [0.717, 1.165) is 22.2 Å². The molecule has 1 aliphatic carbocycles. The predicted octanol–water partition coefficient (Wildman–Crippen LogP) is 4.68. The number of hydrogen-bond donors (Lipinski definition) is 2. The maximum atomic E-state index is 5.88. The Balaban J connectivity index is 0.000000148. The first-order valence-corrected chi connectivity index (χ1v) is 7.60. The Morgan fingerprint density at radius 3 is 2.47 bits per heavy atom. The van der Waals surface area contributed by atoms with E-state index in [1.54, 1.807) is 0 Å². The summed E-state index contributed by atoms with van der Waals surface area (Å²) in [5.41, 5.74) is 9.90. The molecule has 0 aromatic heterocycles. The number of halogens is 1. The Kier molecular flexibility index (Phi) is 5.08. The number of thiol groups is 1. The van der Waals surface area contributed by atoms with Gasteiger partial charge in [0.2, 0.25) is 0 Å². The van der Waals surface area contributed by atoms with Crippen LogP contribution in [0.25, 0.3) is 0 Å². The Bertz CT molecular complexity index is 530. The highest BCUT2D eigenvalue weighted by Gasteiger charge is 2.17. The first kappa shape index (κ1) is 14.6. The molecule has 0 saturated carbocycles. The Morgan fingerprint density at radius 1 is 1.16 bits per heavy atom. The molecule has 0 bridgehead atoms. The van der Waals surface area contributed by atoms with Crippen molar-refractivity contribution in [2.45, 2.75) is 30.7 Å². The molecule has 0 radical (unpaired) electrons. The van der Waals surface area contributed by atoms with Gasteiger partial charge in [-0.1, -0.05) is 39.7 Å². The minimum Gasteiger partial charge on any atom is -0.324 e. The van der Waals surface area contributed by atoms with E-state index in [-0.39, 0.29) is 6.04 Å². The summed E-state index contributed by atoms with van der Waals surface area (Å²) in [5.74, 6) is 0. The molecule has 3 rings (SSSR count). The smallest absolute Gasteiger partial charge is 0.0300 e. The van der Waals surface area contributed by atoms with Crippen molar-refractivity contribution in [3.05, 3.63) is 63.6 Å². The van der Waals surface area contributed by atoms with Crippen LogP contribution in [0.2, 0.25) is 0 Å². The van der Waals surface area contributed by atoms with Crippen LogP contribution in [0.1, 0.15) is 29.2 Å². The Hall–Kier alpha value is -0.770. The molecule has 3 heteroatoms. The van der Waals surface area contributed by atoms with Gasteiger partial charge in [-0.05, 0) is 55.2 Å². The van der Waals surface area contributed by atoms with E-state index in [2.05, 4.69) is 53.7 Å². The number of fused-ring (bicyclic) bond motifs is 1. The SMILES string of the molecule is Cc1ccc(S)cc1.NC1CCc2cc(Br)ccc21. The summed E-state index contributed by atoms with van der Waals surface area (Å²) >= 11 is 7.58. The molecule has 0 heterocycles. The lowest BCUT2D eigenvalue weighted by atomic mass is 10.1. The van der Waals surface area contributed by atoms with Crippen LogP contribution in [-0.4, -0.2) is 0 Å². The van der Waals surface area contributed by atoms with Gasteiger partial charge >= 0.3 is 0 Å². The summed E-state index contributed by atoms with van der Waals surface area (Å²) in [5, 5.41) is 0. The van der Waals surface area contributed by atoms with Crippen molar-refractivity contribution in [1.82, 2.24) is 0 Å². The van der Waals surface area contributed by atoms with Crippen molar-refractivity contribution >= 4 is 28.6 Å². The molecule has 2 N–H and O–H groups in total. The van der Waals surface area contributed by atoms with Crippen molar-refractivity contribution in [3.8, 4) is 0 Å². The largest absolute Gasteiger partial charge is 0.324 e. The van der Waals surface area contributed by atoms with Gasteiger partial charge in [-0.3, -0.25) is 0 Å². The third kappa shape index (κ3) is 4.10. The molecule has 0 fully saturated rings. The second-order valence-corrected chi connectivity index (χ2v) is 6.26. The molecule has 1 nitrogen and oxygen atoms in total. The van der Waals surface area contributed by atoms with Crippen molar-refractivity contribution in [2.75, 3.05) is 0 Å². The Labute approximate surface area is 128 Å². The molecule has 100 valence electrons. The normalized spacial score (nSPS) is 16.5. The highest BCUT2D eigenvalue weighted by Crippen LogP contribution is 2.30. The van der Waals surface area contributed by atoms with Crippen LogP contribution in [0.3, 0.4) is 0 Å². The van der Waals surface area contributed by atoms with Crippen LogP contribution in [-0.2, 0) is 6.42 Å². The second kappa shape index (κ2) is 6.60. The number of rotatable bonds is 0. The number of aryl methyl sites for hydroxylation is 2. The van der Waals surface area contributed by atoms with Crippen LogP contribution >= 0.6 is 28.6 Å². The van der Waals surface area contributed by atoms with Crippen LogP contribution in [0.15, 0.2) is 51.8 Å². The fraction of sp³-hybridized carbons (Fsp3) is 0.250. The maximum absolute atomic E-state index is 5.88. The minimum absolute atomic E-state index is 0.276. The molecule has 0 spiro atoms.